The fourth-order valence-electron chi connectivity index (χ4n) is 4.56. The minimum absolute atomic E-state index is 0. The molecular formula is C24H34FN5O2. The summed E-state index contributed by atoms with van der Waals surface area (Å²) in [5.41, 5.74) is 2.94. The maximum absolute atomic E-state index is 14.9. The van der Waals surface area contributed by atoms with E-state index in [1.165, 1.54) is 6.07 Å². The minimum atomic E-state index is -0.306. The molecule has 0 bridgehead atoms. The van der Waals surface area contributed by atoms with Crippen molar-refractivity contribution in [2.75, 3.05) is 31.7 Å². The van der Waals surface area contributed by atoms with Crippen molar-refractivity contribution >= 4 is 16.7 Å². The molecule has 1 atom stereocenters. The molecule has 174 valence electrons. The van der Waals surface area contributed by atoms with Crippen molar-refractivity contribution in [1.82, 2.24) is 20.4 Å². The number of fused-ring (bicyclic) bond motifs is 1. The summed E-state index contributed by atoms with van der Waals surface area (Å²) in [6, 6.07) is 4.27. The Morgan fingerprint density at radius 2 is 2.00 bits per heavy atom. The number of rotatable bonds is 7. The van der Waals surface area contributed by atoms with Crippen LogP contribution in [0.15, 0.2) is 16.7 Å². The summed E-state index contributed by atoms with van der Waals surface area (Å²) in [5, 5.41) is 8.47. The molecule has 1 aliphatic heterocycles. The summed E-state index contributed by atoms with van der Waals surface area (Å²) in [7, 11) is 1.74. The Labute approximate surface area is 189 Å². The molecule has 4 rings (SSSR count). The van der Waals surface area contributed by atoms with E-state index in [4.69, 9.17) is 14.2 Å². The van der Waals surface area contributed by atoms with Gasteiger partial charge >= 0.3 is 0 Å². The summed E-state index contributed by atoms with van der Waals surface area (Å²) in [6.45, 7) is 10.2. The third kappa shape index (κ3) is 4.47. The lowest BCUT2D eigenvalue weighted by Crippen LogP contribution is -2.47. The molecule has 1 saturated heterocycles. The molecule has 0 spiro atoms. The summed E-state index contributed by atoms with van der Waals surface area (Å²) in [6.07, 6.45) is 2.97. The highest BCUT2D eigenvalue weighted by Crippen LogP contribution is 2.38. The lowest BCUT2D eigenvalue weighted by Gasteiger charge is -2.36. The second kappa shape index (κ2) is 9.50. The van der Waals surface area contributed by atoms with Gasteiger partial charge in [0.05, 0.1) is 12.2 Å². The number of piperidine rings is 1. The van der Waals surface area contributed by atoms with E-state index in [2.05, 4.69) is 27.3 Å². The van der Waals surface area contributed by atoms with Gasteiger partial charge in [-0.2, -0.15) is 4.98 Å². The highest BCUT2D eigenvalue weighted by Gasteiger charge is 2.28. The van der Waals surface area contributed by atoms with Crippen LogP contribution in [0.4, 0.5) is 10.2 Å². The van der Waals surface area contributed by atoms with Gasteiger partial charge in [-0.3, -0.25) is 0 Å². The van der Waals surface area contributed by atoms with Crippen LogP contribution in [0.1, 0.15) is 44.6 Å². The third-order valence-electron chi connectivity index (χ3n) is 6.30. The summed E-state index contributed by atoms with van der Waals surface area (Å²) in [5.74, 6) is 1.40. The van der Waals surface area contributed by atoms with Gasteiger partial charge in [-0.15, -0.1) is 0 Å². The Balaban J connectivity index is 0.00000306. The first-order valence-corrected chi connectivity index (χ1v) is 11.3. The Morgan fingerprint density at radius 1 is 1.25 bits per heavy atom. The molecule has 0 unspecified atom stereocenters. The second-order valence-corrected chi connectivity index (χ2v) is 8.71. The van der Waals surface area contributed by atoms with Crippen LogP contribution >= 0.6 is 0 Å². The summed E-state index contributed by atoms with van der Waals surface area (Å²) in [4.78, 5) is 11.5. The zero-order chi connectivity index (χ0) is 22.8. The van der Waals surface area contributed by atoms with Crippen LogP contribution in [-0.4, -0.2) is 54.0 Å². The maximum atomic E-state index is 14.9. The fourth-order valence-corrected chi connectivity index (χ4v) is 4.56. The SMILES string of the molecule is CC[C@@H](COC)NC1CCN(c2nc3c(F)cc(C)cc3c(C)c2-c2nc(C)no2)CC1.[HH]. The van der Waals surface area contributed by atoms with Crippen molar-refractivity contribution in [2.45, 2.75) is 59.0 Å². The Morgan fingerprint density at radius 3 is 2.62 bits per heavy atom. The number of ether oxygens (including phenoxy) is 1. The first-order valence-electron chi connectivity index (χ1n) is 11.3. The number of anilines is 1. The quantitative estimate of drug-likeness (QED) is 0.573. The van der Waals surface area contributed by atoms with Gasteiger partial charge in [0, 0.05) is 39.1 Å². The van der Waals surface area contributed by atoms with E-state index in [1.807, 2.05) is 19.9 Å². The Bertz CT molecular complexity index is 1100. The lowest BCUT2D eigenvalue weighted by atomic mass is 9.99. The average molecular weight is 444 g/mol. The number of hydrogen-bond acceptors (Lipinski definition) is 7. The molecular weight excluding hydrogens is 409 g/mol. The predicted molar refractivity (Wildman–Crippen MR) is 126 cm³/mol. The van der Waals surface area contributed by atoms with E-state index >= 15 is 0 Å². The first kappa shape index (κ1) is 22.6. The highest BCUT2D eigenvalue weighted by molar-refractivity contribution is 5.93. The Hall–Kier alpha value is -2.58. The highest BCUT2D eigenvalue weighted by atomic mass is 19.1. The van der Waals surface area contributed by atoms with E-state index < -0.39 is 0 Å². The predicted octanol–water partition coefficient (Wildman–Crippen LogP) is 4.58. The van der Waals surface area contributed by atoms with Crippen molar-refractivity contribution in [3.8, 4) is 11.5 Å². The largest absolute Gasteiger partial charge is 0.383 e. The van der Waals surface area contributed by atoms with Crippen LogP contribution in [0, 0.1) is 26.6 Å². The van der Waals surface area contributed by atoms with Gasteiger partial charge in [0.2, 0.25) is 0 Å². The van der Waals surface area contributed by atoms with E-state index in [-0.39, 0.29) is 7.24 Å². The van der Waals surface area contributed by atoms with Crippen molar-refractivity contribution in [3.63, 3.8) is 0 Å². The molecule has 0 aliphatic carbocycles. The standard InChI is InChI=1S/C24H32FN5O2.H2/c1-6-17(13-31-5)27-18-7-9-30(10-8-18)23-21(24-26-16(4)29-32-24)15(3)19-11-14(2)12-20(25)22(19)28-23;/h11-12,17-18,27H,6-10,13H2,1-5H3;1H/t17-;/m0./s1. The van der Waals surface area contributed by atoms with E-state index in [0.29, 0.717) is 41.7 Å². The molecule has 32 heavy (non-hydrogen) atoms. The van der Waals surface area contributed by atoms with Gasteiger partial charge in [-0.25, -0.2) is 9.37 Å². The molecule has 0 saturated carbocycles. The topological polar surface area (TPSA) is 76.3 Å². The first-order chi connectivity index (χ1) is 15.4. The lowest BCUT2D eigenvalue weighted by molar-refractivity contribution is 0.155. The fraction of sp³-hybridized carbons (Fsp3) is 0.542. The van der Waals surface area contributed by atoms with Crippen molar-refractivity contribution in [2.24, 2.45) is 0 Å². The molecule has 1 fully saturated rings. The van der Waals surface area contributed by atoms with Crippen molar-refractivity contribution < 1.29 is 15.1 Å². The van der Waals surface area contributed by atoms with Crippen LogP contribution < -0.4 is 10.2 Å². The van der Waals surface area contributed by atoms with Gasteiger partial charge in [0.15, 0.2) is 5.82 Å². The number of halogens is 1. The van der Waals surface area contributed by atoms with Crippen molar-refractivity contribution in [1.29, 1.82) is 0 Å². The minimum Gasteiger partial charge on any atom is -0.383 e. The number of aromatic nitrogens is 3. The van der Waals surface area contributed by atoms with Gasteiger partial charge in [-0.05, 0) is 63.3 Å². The number of methoxy groups -OCH3 is 1. The van der Waals surface area contributed by atoms with E-state index in [1.54, 1.807) is 14.0 Å². The summed E-state index contributed by atoms with van der Waals surface area (Å²) < 4.78 is 25.7. The Kier molecular flexibility index (Phi) is 6.71. The van der Waals surface area contributed by atoms with Gasteiger partial charge in [0.1, 0.15) is 17.2 Å². The molecule has 2 aromatic heterocycles. The molecule has 1 aliphatic rings. The number of nitrogens with zero attached hydrogens (tertiary/aromatic N) is 4. The number of pyridine rings is 1. The van der Waals surface area contributed by atoms with Crippen LogP contribution in [0.2, 0.25) is 0 Å². The average Bonchev–Trinajstić information content (AvgIpc) is 3.20. The second-order valence-electron chi connectivity index (χ2n) is 8.71. The zero-order valence-electron chi connectivity index (χ0n) is 19.5. The molecule has 3 heterocycles. The number of aryl methyl sites for hydroxylation is 3. The zero-order valence-corrected chi connectivity index (χ0v) is 19.5. The van der Waals surface area contributed by atoms with Crippen LogP contribution in [0.3, 0.4) is 0 Å². The molecule has 1 aromatic carbocycles. The molecule has 7 nitrogen and oxygen atoms in total. The molecule has 0 radical (unpaired) electrons. The molecule has 1 N–H and O–H groups in total. The van der Waals surface area contributed by atoms with Crippen LogP contribution in [0.5, 0.6) is 0 Å². The van der Waals surface area contributed by atoms with Crippen molar-refractivity contribution in [3.05, 3.63) is 34.9 Å². The number of nitrogens with one attached hydrogen (secondary N) is 1. The van der Waals surface area contributed by atoms with E-state index in [0.717, 1.165) is 54.4 Å². The van der Waals surface area contributed by atoms with Gasteiger partial charge in [-0.1, -0.05) is 12.1 Å². The maximum Gasteiger partial charge on any atom is 0.261 e. The normalized spacial score (nSPS) is 16.1. The van der Waals surface area contributed by atoms with E-state index in [9.17, 15) is 4.39 Å². The smallest absolute Gasteiger partial charge is 0.261 e. The molecule has 3 aromatic rings. The molecule has 0 amide bonds. The summed E-state index contributed by atoms with van der Waals surface area (Å²) >= 11 is 0. The monoisotopic (exact) mass is 443 g/mol. The van der Waals surface area contributed by atoms with Crippen LogP contribution in [-0.2, 0) is 4.74 Å². The van der Waals surface area contributed by atoms with Crippen LogP contribution in [0.25, 0.3) is 22.4 Å². The van der Waals surface area contributed by atoms with Gasteiger partial charge < -0.3 is 19.5 Å². The number of benzene rings is 1. The third-order valence-corrected chi connectivity index (χ3v) is 6.30. The van der Waals surface area contributed by atoms with Gasteiger partial charge in [0.25, 0.3) is 5.89 Å². The molecule has 8 heteroatoms. The number of hydrogen-bond donors (Lipinski definition) is 1.